The van der Waals surface area contributed by atoms with E-state index in [1.165, 1.54) is 47.2 Å². The molecule has 4 rings (SSSR count). The van der Waals surface area contributed by atoms with E-state index in [2.05, 4.69) is 10.3 Å². The van der Waals surface area contributed by atoms with Gasteiger partial charge in [-0.25, -0.2) is 4.98 Å². The van der Waals surface area contributed by atoms with Crippen LogP contribution in [-0.2, 0) is 17.4 Å². The van der Waals surface area contributed by atoms with Crippen molar-refractivity contribution in [2.45, 2.75) is 19.5 Å². The Labute approximate surface area is 203 Å². The fourth-order valence-corrected chi connectivity index (χ4v) is 4.09. The van der Waals surface area contributed by atoms with Gasteiger partial charge in [0.15, 0.2) is 5.13 Å². The highest BCUT2D eigenvalue weighted by molar-refractivity contribution is 7.15. The maximum absolute atomic E-state index is 13.0. The summed E-state index contributed by atoms with van der Waals surface area (Å²) in [6.45, 7) is 2.01. The van der Waals surface area contributed by atoms with Crippen LogP contribution in [0.25, 0.3) is 17.4 Å². The number of aryl methyl sites for hydroxylation is 1. The lowest BCUT2D eigenvalue weighted by molar-refractivity contribution is -0.137. The first-order valence-electron chi connectivity index (χ1n) is 10.4. The highest BCUT2D eigenvalue weighted by Gasteiger charge is 2.30. The number of nitrogens with one attached hydrogen (secondary N) is 1. The zero-order chi connectivity index (χ0) is 25.0. The molecule has 0 spiro atoms. The molecule has 35 heavy (non-hydrogen) atoms. The van der Waals surface area contributed by atoms with E-state index in [1.54, 1.807) is 6.20 Å². The molecule has 0 saturated carbocycles. The molecule has 0 unspecified atom stereocenters. The molecule has 176 valence electrons. The molecule has 0 saturated heterocycles. The minimum Gasteiger partial charge on any atom is -0.457 e. The van der Waals surface area contributed by atoms with Crippen molar-refractivity contribution in [3.8, 4) is 17.4 Å². The molecule has 0 radical (unpaired) electrons. The smallest absolute Gasteiger partial charge is 0.416 e. The minimum absolute atomic E-state index is 0.156. The Kier molecular flexibility index (Phi) is 6.85. The topological polar surface area (TPSA) is 78.9 Å². The van der Waals surface area contributed by atoms with Crippen LogP contribution >= 0.6 is 11.3 Å². The normalized spacial score (nSPS) is 11.8. The number of alkyl halides is 3. The molecule has 1 N–H and O–H groups in total. The summed E-state index contributed by atoms with van der Waals surface area (Å²) in [7, 11) is 0. The van der Waals surface area contributed by atoms with Crippen LogP contribution in [0.5, 0.6) is 0 Å². The van der Waals surface area contributed by atoms with Crippen LogP contribution < -0.4 is 5.32 Å². The van der Waals surface area contributed by atoms with E-state index in [1.807, 2.05) is 37.3 Å². The third kappa shape index (κ3) is 6.05. The number of amides is 1. The maximum atomic E-state index is 13.0. The third-order valence-electron chi connectivity index (χ3n) is 5.03. The van der Waals surface area contributed by atoms with Crippen molar-refractivity contribution in [1.82, 2.24) is 4.98 Å². The number of hydrogen-bond acceptors (Lipinski definition) is 5. The van der Waals surface area contributed by atoms with Gasteiger partial charge in [0.1, 0.15) is 23.2 Å². The van der Waals surface area contributed by atoms with Crippen molar-refractivity contribution < 1.29 is 22.4 Å². The predicted molar refractivity (Wildman–Crippen MR) is 127 cm³/mol. The van der Waals surface area contributed by atoms with E-state index in [0.717, 1.165) is 22.6 Å². The van der Waals surface area contributed by atoms with Gasteiger partial charge in [0.05, 0.1) is 5.56 Å². The summed E-state index contributed by atoms with van der Waals surface area (Å²) in [4.78, 5) is 17.7. The van der Waals surface area contributed by atoms with Crippen LogP contribution in [0.3, 0.4) is 0 Å². The summed E-state index contributed by atoms with van der Waals surface area (Å²) >= 11 is 1.30. The minimum atomic E-state index is -4.48. The van der Waals surface area contributed by atoms with Gasteiger partial charge in [0.2, 0.25) is 0 Å². The van der Waals surface area contributed by atoms with Gasteiger partial charge in [-0.15, -0.1) is 11.3 Å². The van der Waals surface area contributed by atoms with E-state index in [-0.39, 0.29) is 22.7 Å². The SMILES string of the molecule is Cc1ccc(Cc2cnc(NC(=O)/C(C#N)=C\c3ccc(-c4cccc(C(F)(F)F)c4)o3)s2)cc1. The summed E-state index contributed by atoms with van der Waals surface area (Å²) in [5.74, 6) is -0.329. The van der Waals surface area contributed by atoms with E-state index < -0.39 is 17.6 Å². The molecular formula is C26H18F3N3O2S. The zero-order valence-corrected chi connectivity index (χ0v) is 19.2. The number of carbonyl (C=O) groups excluding carboxylic acids is 1. The summed E-state index contributed by atoms with van der Waals surface area (Å²) in [5.41, 5.74) is 1.48. The number of carbonyl (C=O) groups is 1. The van der Waals surface area contributed by atoms with E-state index in [0.29, 0.717) is 11.6 Å². The molecule has 0 fully saturated rings. The Morgan fingerprint density at radius 3 is 2.66 bits per heavy atom. The quantitative estimate of drug-likeness (QED) is 0.235. The fraction of sp³-hybridized carbons (Fsp3) is 0.115. The summed E-state index contributed by atoms with van der Waals surface area (Å²) < 4.78 is 44.5. The Bertz CT molecular complexity index is 1430. The van der Waals surface area contributed by atoms with Crippen molar-refractivity contribution in [3.05, 3.63) is 99.8 Å². The Morgan fingerprint density at radius 2 is 1.94 bits per heavy atom. The second-order valence-electron chi connectivity index (χ2n) is 7.70. The number of rotatable bonds is 6. The number of anilines is 1. The monoisotopic (exact) mass is 493 g/mol. The van der Waals surface area contributed by atoms with Gasteiger partial charge in [-0.2, -0.15) is 18.4 Å². The molecular weight excluding hydrogens is 475 g/mol. The second-order valence-corrected chi connectivity index (χ2v) is 8.81. The summed E-state index contributed by atoms with van der Waals surface area (Å²) in [5, 5.41) is 12.4. The standard InChI is InChI=1S/C26H18F3N3O2S/c1-16-5-7-17(8-6-16)11-22-15-31-25(35-22)32-24(33)19(14-30)13-21-9-10-23(34-21)18-3-2-4-20(12-18)26(27,28)29/h2-10,12-13,15H,11H2,1H3,(H,31,32,33)/b19-13-. The van der Waals surface area contributed by atoms with Crippen molar-refractivity contribution in [2.75, 3.05) is 5.32 Å². The number of furan rings is 1. The molecule has 2 heterocycles. The average Bonchev–Trinajstić information content (AvgIpc) is 3.48. The first-order chi connectivity index (χ1) is 16.7. The average molecular weight is 494 g/mol. The molecule has 9 heteroatoms. The van der Waals surface area contributed by atoms with E-state index >= 15 is 0 Å². The molecule has 0 aliphatic heterocycles. The lowest BCUT2D eigenvalue weighted by Crippen LogP contribution is -2.13. The Hall–Kier alpha value is -4.16. The summed E-state index contributed by atoms with van der Waals surface area (Å²) in [6.07, 6.45) is -0.913. The predicted octanol–water partition coefficient (Wildman–Crippen LogP) is 6.87. The zero-order valence-electron chi connectivity index (χ0n) is 18.4. The Morgan fingerprint density at radius 1 is 1.17 bits per heavy atom. The lowest BCUT2D eigenvalue weighted by atomic mass is 10.1. The van der Waals surface area contributed by atoms with Crippen molar-refractivity contribution in [1.29, 1.82) is 5.26 Å². The first kappa shape index (κ1) is 24.0. The van der Waals surface area contributed by atoms with E-state index in [4.69, 9.17) is 4.42 Å². The molecule has 4 aromatic rings. The molecule has 0 bridgehead atoms. The van der Waals surface area contributed by atoms with Gasteiger partial charge in [-0.3, -0.25) is 10.1 Å². The largest absolute Gasteiger partial charge is 0.457 e. The summed E-state index contributed by atoms with van der Waals surface area (Å²) in [6, 6.07) is 17.6. The number of nitriles is 1. The number of aromatic nitrogens is 1. The Balaban J connectivity index is 1.46. The van der Waals surface area contributed by atoms with Crippen LogP contribution in [0.2, 0.25) is 0 Å². The fourth-order valence-electron chi connectivity index (χ4n) is 3.24. The number of benzene rings is 2. The van der Waals surface area contributed by atoms with Crippen molar-refractivity contribution in [3.63, 3.8) is 0 Å². The van der Waals surface area contributed by atoms with Gasteiger partial charge < -0.3 is 4.42 Å². The van der Waals surface area contributed by atoms with Gasteiger partial charge in [-0.05, 0) is 36.8 Å². The van der Waals surface area contributed by atoms with Crippen molar-refractivity contribution in [2.24, 2.45) is 0 Å². The van der Waals surface area contributed by atoms with Gasteiger partial charge >= 0.3 is 6.18 Å². The highest BCUT2D eigenvalue weighted by atomic mass is 32.1. The molecule has 2 aromatic carbocycles. The van der Waals surface area contributed by atoms with Crippen LogP contribution in [-0.4, -0.2) is 10.9 Å². The van der Waals surface area contributed by atoms with Crippen LogP contribution in [0.4, 0.5) is 18.3 Å². The van der Waals surface area contributed by atoms with Gasteiger partial charge in [0, 0.05) is 29.1 Å². The number of halogens is 3. The van der Waals surface area contributed by atoms with Gasteiger partial charge in [-0.1, -0.05) is 42.0 Å². The first-order valence-corrected chi connectivity index (χ1v) is 11.2. The maximum Gasteiger partial charge on any atom is 0.416 e. The molecule has 1 amide bonds. The lowest BCUT2D eigenvalue weighted by Gasteiger charge is -2.07. The molecule has 0 aliphatic carbocycles. The van der Waals surface area contributed by atoms with Crippen molar-refractivity contribution >= 4 is 28.5 Å². The number of thiazole rings is 1. The van der Waals surface area contributed by atoms with Crippen LogP contribution in [0, 0.1) is 18.3 Å². The molecule has 5 nitrogen and oxygen atoms in total. The van der Waals surface area contributed by atoms with Crippen LogP contribution in [0.1, 0.15) is 27.3 Å². The van der Waals surface area contributed by atoms with Gasteiger partial charge in [0.25, 0.3) is 5.91 Å². The second kappa shape index (κ2) is 9.99. The molecule has 2 aromatic heterocycles. The molecule has 0 atom stereocenters. The number of nitrogens with zero attached hydrogens (tertiary/aromatic N) is 2. The molecule has 0 aliphatic rings. The third-order valence-corrected chi connectivity index (χ3v) is 5.94. The highest BCUT2D eigenvalue weighted by Crippen LogP contribution is 2.33. The number of hydrogen-bond donors (Lipinski definition) is 1. The van der Waals surface area contributed by atoms with E-state index in [9.17, 15) is 23.2 Å². The van der Waals surface area contributed by atoms with Crippen LogP contribution in [0.15, 0.2) is 76.9 Å².